The summed E-state index contributed by atoms with van der Waals surface area (Å²) in [5.41, 5.74) is 3.22. The molecule has 0 spiro atoms. The molecule has 3 aromatic carbocycles. The van der Waals surface area contributed by atoms with Crippen LogP contribution < -0.4 is 26.5 Å². The van der Waals surface area contributed by atoms with E-state index in [0.29, 0.717) is 22.9 Å². The van der Waals surface area contributed by atoms with Crippen LogP contribution in [-0.4, -0.2) is 33.9 Å². The highest BCUT2D eigenvalue weighted by atomic mass is 19.4. The van der Waals surface area contributed by atoms with Gasteiger partial charge in [0, 0.05) is 17.8 Å². The first-order valence-electron chi connectivity index (χ1n) is 12.4. The van der Waals surface area contributed by atoms with Gasteiger partial charge in [0.1, 0.15) is 17.3 Å². The summed E-state index contributed by atoms with van der Waals surface area (Å²) in [6.45, 7) is -1.76. The smallest absolute Gasteiger partial charge is 0.416 e. The van der Waals surface area contributed by atoms with Crippen LogP contribution in [0.3, 0.4) is 0 Å². The van der Waals surface area contributed by atoms with Gasteiger partial charge in [0.15, 0.2) is 6.61 Å². The Morgan fingerprint density at radius 3 is 2.36 bits per heavy atom. The molecule has 0 radical (unpaired) electrons. The molecular formula is C29H25F4N3O6. The molecular weight excluding hydrogens is 562 g/mol. The maximum atomic E-state index is 14.7. The Bertz CT molecular complexity index is 1710. The monoisotopic (exact) mass is 587 g/mol. The van der Waals surface area contributed by atoms with Crippen LogP contribution in [0.5, 0.6) is 11.5 Å². The number of nitrogens with zero attached hydrogens (tertiary/aromatic N) is 2. The van der Waals surface area contributed by atoms with E-state index in [2.05, 4.69) is 0 Å². The van der Waals surface area contributed by atoms with E-state index in [-0.39, 0.29) is 17.9 Å². The van der Waals surface area contributed by atoms with Gasteiger partial charge in [-0.3, -0.25) is 13.9 Å². The number of methoxy groups -OCH3 is 1. The van der Waals surface area contributed by atoms with Crippen molar-refractivity contribution in [1.82, 2.24) is 9.13 Å². The van der Waals surface area contributed by atoms with E-state index in [9.17, 15) is 31.9 Å². The molecule has 0 saturated carbocycles. The number of carboxylic acids is 1. The minimum atomic E-state index is -4.90. The fraction of sp³-hybridized carbons (Fsp3) is 0.207. The molecule has 220 valence electrons. The number of carbonyl (C=O) groups is 1. The minimum absolute atomic E-state index is 0.0528. The van der Waals surface area contributed by atoms with Crippen molar-refractivity contribution in [2.24, 2.45) is 5.73 Å². The summed E-state index contributed by atoms with van der Waals surface area (Å²) >= 11 is 0. The van der Waals surface area contributed by atoms with E-state index < -0.39 is 59.5 Å². The van der Waals surface area contributed by atoms with Crippen LogP contribution in [0.2, 0.25) is 0 Å². The van der Waals surface area contributed by atoms with Crippen molar-refractivity contribution >= 4 is 5.97 Å². The minimum Gasteiger partial charge on any atom is -0.497 e. The Balaban J connectivity index is 1.81. The zero-order valence-electron chi connectivity index (χ0n) is 22.1. The summed E-state index contributed by atoms with van der Waals surface area (Å²) in [5, 5.41) is 8.76. The first-order chi connectivity index (χ1) is 19.9. The summed E-state index contributed by atoms with van der Waals surface area (Å²) in [5.74, 6) is -1.70. The van der Waals surface area contributed by atoms with Gasteiger partial charge in [0.25, 0.3) is 5.56 Å². The molecule has 9 nitrogen and oxygen atoms in total. The summed E-state index contributed by atoms with van der Waals surface area (Å²) in [7, 11) is 1.41. The number of ether oxygens (including phenoxy) is 2. The van der Waals surface area contributed by atoms with E-state index in [1.165, 1.54) is 37.4 Å². The van der Waals surface area contributed by atoms with Crippen LogP contribution >= 0.6 is 0 Å². The van der Waals surface area contributed by atoms with Gasteiger partial charge < -0.3 is 20.3 Å². The molecule has 1 unspecified atom stereocenters. The number of benzene rings is 3. The number of alkyl halides is 3. The third-order valence-electron chi connectivity index (χ3n) is 6.42. The van der Waals surface area contributed by atoms with Crippen LogP contribution in [0.25, 0.3) is 11.1 Å². The lowest BCUT2D eigenvalue weighted by Crippen LogP contribution is -2.42. The number of aromatic nitrogens is 2. The highest BCUT2D eigenvalue weighted by molar-refractivity contribution is 5.68. The second-order valence-corrected chi connectivity index (χ2v) is 9.22. The third-order valence-corrected chi connectivity index (χ3v) is 6.42. The van der Waals surface area contributed by atoms with E-state index in [1.807, 2.05) is 0 Å². The van der Waals surface area contributed by atoms with Crippen LogP contribution in [0.4, 0.5) is 17.6 Å². The number of carboxylic acid groups (broad SMARTS) is 1. The van der Waals surface area contributed by atoms with Crippen LogP contribution in [0, 0.1) is 5.82 Å². The largest absolute Gasteiger partial charge is 0.497 e. The van der Waals surface area contributed by atoms with Crippen LogP contribution in [0.15, 0.2) is 82.5 Å². The Morgan fingerprint density at radius 2 is 1.71 bits per heavy atom. The molecule has 13 heteroatoms. The maximum Gasteiger partial charge on any atom is 0.416 e. The molecule has 4 rings (SSSR count). The molecule has 0 aliphatic carbocycles. The van der Waals surface area contributed by atoms with Gasteiger partial charge in [-0.05, 0) is 47.5 Å². The summed E-state index contributed by atoms with van der Waals surface area (Å²) in [4.78, 5) is 37.8. The van der Waals surface area contributed by atoms with Crippen LogP contribution in [-0.2, 0) is 24.1 Å². The maximum absolute atomic E-state index is 14.7. The normalized spacial score (nSPS) is 12.1. The first-order valence-corrected chi connectivity index (χ1v) is 12.4. The van der Waals surface area contributed by atoms with Gasteiger partial charge in [-0.2, -0.15) is 13.2 Å². The lowest BCUT2D eigenvalue weighted by atomic mass is 10.1. The van der Waals surface area contributed by atoms with E-state index in [4.69, 9.17) is 20.3 Å². The Labute approximate surface area is 236 Å². The zero-order valence-corrected chi connectivity index (χ0v) is 22.1. The van der Waals surface area contributed by atoms with Crippen molar-refractivity contribution in [3.63, 3.8) is 0 Å². The quantitative estimate of drug-likeness (QED) is 0.268. The molecule has 1 aromatic heterocycles. The fourth-order valence-electron chi connectivity index (χ4n) is 4.33. The summed E-state index contributed by atoms with van der Waals surface area (Å²) in [6.07, 6.45) is -3.81. The number of hydrogen-bond donors (Lipinski definition) is 2. The Kier molecular flexibility index (Phi) is 8.81. The number of rotatable bonds is 10. The highest BCUT2D eigenvalue weighted by Crippen LogP contribution is 2.33. The van der Waals surface area contributed by atoms with Gasteiger partial charge in [0.2, 0.25) is 0 Å². The van der Waals surface area contributed by atoms with Crippen LogP contribution in [0.1, 0.15) is 22.7 Å². The Hall–Kier alpha value is -4.91. The number of aliphatic carboxylic acids is 1. The molecule has 0 fully saturated rings. The SMILES string of the molecule is COc1cccc(-c2cn(Cc3c(F)cccc3C(F)(F)F)c(=O)n(CC(N)c3ccc(OCC(=O)O)cc3)c2=O)c1. The molecule has 0 saturated heterocycles. The fourth-order valence-corrected chi connectivity index (χ4v) is 4.33. The number of nitrogens with two attached hydrogens (primary N) is 1. The molecule has 3 N–H and O–H groups in total. The number of hydrogen-bond acceptors (Lipinski definition) is 6. The summed E-state index contributed by atoms with van der Waals surface area (Å²) in [6, 6.07) is 13.8. The number of halogens is 4. The standard InChI is InChI=1S/C29H25F4N3O6/c1-41-20-5-2-4-18(12-20)21-13-35(14-22-23(29(31,32)33)6-3-7-24(22)30)28(40)36(27(21)39)15-25(34)17-8-10-19(11-9-17)42-16-26(37)38/h2-13,25H,14-16,34H2,1H3,(H,37,38). The molecule has 0 aliphatic rings. The molecule has 42 heavy (non-hydrogen) atoms. The van der Waals surface area contributed by atoms with Crippen molar-refractivity contribution in [2.75, 3.05) is 13.7 Å². The molecule has 1 heterocycles. The van der Waals surface area contributed by atoms with E-state index in [1.54, 1.807) is 18.2 Å². The van der Waals surface area contributed by atoms with Gasteiger partial charge >= 0.3 is 17.8 Å². The average molecular weight is 588 g/mol. The lowest BCUT2D eigenvalue weighted by molar-refractivity contribution is -0.139. The van der Waals surface area contributed by atoms with Gasteiger partial charge in [0.05, 0.1) is 31.3 Å². The molecule has 1 atom stereocenters. The second-order valence-electron chi connectivity index (χ2n) is 9.22. The van der Waals surface area contributed by atoms with E-state index >= 15 is 0 Å². The van der Waals surface area contributed by atoms with Crippen molar-refractivity contribution < 1.29 is 36.9 Å². The lowest BCUT2D eigenvalue weighted by Gasteiger charge is -2.19. The van der Waals surface area contributed by atoms with Crippen molar-refractivity contribution in [3.05, 3.63) is 116 Å². The molecule has 0 bridgehead atoms. The zero-order chi connectivity index (χ0) is 30.6. The molecule has 4 aromatic rings. The predicted octanol–water partition coefficient (Wildman–Crippen LogP) is 4.06. The van der Waals surface area contributed by atoms with Crippen molar-refractivity contribution in [3.8, 4) is 22.6 Å². The second kappa shape index (κ2) is 12.3. The molecule has 0 aliphatic heterocycles. The van der Waals surface area contributed by atoms with Crippen molar-refractivity contribution in [2.45, 2.75) is 25.3 Å². The topological polar surface area (TPSA) is 126 Å². The Morgan fingerprint density at radius 1 is 1.02 bits per heavy atom. The first kappa shape index (κ1) is 30.1. The third kappa shape index (κ3) is 6.69. The van der Waals surface area contributed by atoms with Gasteiger partial charge in [-0.15, -0.1) is 0 Å². The van der Waals surface area contributed by atoms with E-state index in [0.717, 1.165) is 27.5 Å². The molecule has 0 amide bonds. The van der Waals surface area contributed by atoms with Gasteiger partial charge in [-0.1, -0.05) is 30.3 Å². The van der Waals surface area contributed by atoms with Gasteiger partial charge in [-0.25, -0.2) is 14.0 Å². The van der Waals surface area contributed by atoms with Crippen molar-refractivity contribution in [1.29, 1.82) is 0 Å². The predicted molar refractivity (Wildman–Crippen MR) is 144 cm³/mol. The summed E-state index contributed by atoms with van der Waals surface area (Å²) < 4.78 is 67.7. The highest BCUT2D eigenvalue weighted by Gasteiger charge is 2.34. The average Bonchev–Trinajstić information content (AvgIpc) is 2.96.